The van der Waals surface area contributed by atoms with Crippen molar-refractivity contribution in [2.75, 3.05) is 6.61 Å². The highest BCUT2D eigenvalue weighted by molar-refractivity contribution is 9.10. The number of para-hydroxylation sites is 1. The van der Waals surface area contributed by atoms with Crippen LogP contribution in [0.4, 0.5) is 5.69 Å². The Balaban J connectivity index is 2.10. The van der Waals surface area contributed by atoms with Crippen LogP contribution in [-0.4, -0.2) is 38.5 Å². The zero-order chi connectivity index (χ0) is 21.1. The summed E-state index contributed by atoms with van der Waals surface area (Å²) in [6.45, 7) is 0.825. The molecular weight excluding hydrogens is 448 g/mol. The Morgan fingerprint density at radius 2 is 2.17 bits per heavy atom. The lowest BCUT2D eigenvalue weighted by Gasteiger charge is -2.08. The van der Waals surface area contributed by atoms with Gasteiger partial charge in [0.15, 0.2) is 6.61 Å². The summed E-state index contributed by atoms with van der Waals surface area (Å²) >= 11 is 3.30. The summed E-state index contributed by atoms with van der Waals surface area (Å²) in [6, 6.07) is 9.11. The topological polar surface area (TPSA) is 137 Å². The number of carboxylic acids is 1. The first-order valence-corrected chi connectivity index (χ1v) is 8.92. The number of carbonyl (C=O) groups is 1. The Bertz CT molecular complexity index is 1220. The first-order chi connectivity index (χ1) is 13.8. The summed E-state index contributed by atoms with van der Waals surface area (Å²) in [5, 5.41) is 24.5. The van der Waals surface area contributed by atoms with Crippen molar-refractivity contribution in [1.82, 2.24) is 9.66 Å². The monoisotopic (exact) mass is 460 g/mol. The number of fused-ring (bicyclic) bond motifs is 1. The van der Waals surface area contributed by atoms with Crippen LogP contribution in [0.25, 0.3) is 10.9 Å². The van der Waals surface area contributed by atoms with E-state index in [1.54, 1.807) is 25.1 Å². The lowest BCUT2D eigenvalue weighted by molar-refractivity contribution is -0.385. The Kier molecular flexibility index (Phi) is 5.69. The summed E-state index contributed by atoms with van der Waals surface area (Å²) in [4.78, 5) is 38.4. The van der Waals surface area contributed by atoms with Crippen molar-refractivity contribution in [1.29, 1.82) is 0 Å². The highest BCUT2D eigenvalue weighted by Gasteiger charge is 2.19. The molecule has 0 saturated carbocycles. The van der Waals surface area contributed by atoms with E-state index >= 15 is 0 Å². The van der Waals surface area contributed by atoms with Crippen molar-refractivity contribution >= 4 is 44.7 Å². The number of nitro benzene ring substituents is 1. The fourth-order valence-corrected chi connectivity index (χ4v) is 2.96. The quantitative estimate of drug-likeness (QED) is 0.339. The zero-order valence-electron chi connectivity index (χ0n) is 14.9. The molecule has 29 heavy (non-hydrogen) atoms. The second-order valence-corrected chi connectivity index (χ2v) is 6.73. The number of ether oxygens (including phenoxy) is 1. The Hall–Kier alpha value is -3.60. The SMILES string of the molecule is Cc1nc2ccc(Br)cc2c(=O)n1N=Cc1cccc([N+](=O)[O-])c1OCC(=O)O. The number of aryl methyl sites for hydroxylation is 1. The van der Waals surface area contributed by atoms with Gasteiger partial charge in [-0.2, -0.15) is 9.78 Å². The lowest BCUT2D eigenvalue weighted by atomic mass is 10.2. The molecule has 0 unspecified atom stereocenters. The molecule has 0 aliphatic carbocycles. The number of rotatable bonds is 6. The Labute approximate surface area is 171 Å². The zero-order valence-corrected chi connectivity index (χ0v) is 16.5. The normalized spacial score (nSPS) is 11.1. The molecule has 10 nitrogen and oxygen atoms in total. The summed E-state index contributed by atoms with van der Waals surface area (Å²) in [5.74, 6) is -1.24. The first-order valence-electron chi connectivity index (χ1n) is 8.13. The van der Waals surface area contributed by atoms with Crippen molar-refractivity contribution in [2.45, 2.75) is 6.92 Å². The molecule has 0 amide bonds. The maximum absolute atomic E-state index is 12.8. The van der Waals surface area contributed by atoms with Crippen LogP contribution in [0.1, 0.15) is 11.4 Å². The van der Waals surface area contributed by atoms with Gasteiger partial charge in [-0.1, -0.05) is 22.0 Å². The molecule has 0 spiro atoms. The van der Waals surface area contributed by atoms with Crippen LogP contribution in [0.3, 0.4) is 0 Å². The second kappa shape index (κ2) is 8.19. The highest BCUT2D eigenvalue weighted by atomic mass is 79.9. The number of benzene rings is 2. The van der Waals surface area contributed by atoms with Crippen LogP contribution in [0, 0.1) is 17.0 Å². The van der Waals surface area contributed by atoms with Crippen molar-refractivity contribution in [2.24, 2.45) is 5.10 Å². The van der Waals surface area contributed by atoms with Crippen LogP contribution in [0.15, 0.2) is 50.8 Å². The van der Waals surface area contributed by atoms with E-state index in [2.05, 4.69) is 26.0 Å². The Morgan fingerprint density at radius 1 is 1.41 bits per heavy atom. The number of aromatic nitrogens is 2. The van der Waals surface area contributed by atoms with E-state index in [4.69, 9.17) is 9.84 Å². The third-order valence-electron chi connectivity index (χ3n) is 3.84. The van der Waals surface area contributed by atoms with Gasteiger partial charge in [0, 0.05) is 16.1 Å². The molecule has 148 valence electrons. The molecule has 3 aromatic rings. The average Bonchev–Trinajstić information content (AvgIpc) is 2.67. The highest BCUT2D eigenvalue weighted by Crippen LogP contribution is 2.30. The molecule has 11 heteroatoms. The van der Waals surface area contributed by atoms with Gasteiger partial charge in [-0.05, 0) is 31.2 Å². The molecule has 1 heterocycles. The van der Waals surface area contributed by atoms with Crippen molar-refractivity contribution < 1.29 is 19.6 Å². The van der Waals surface area contributed by atoms with Crippen molar-refractivity contribution in [3.05, 3.63) is 72.7 Å². The molecule has 0 bridgehead atoms. The van der Waals surface area contributed by atoms with Gasteiger partial charge >= 0.3 is 11.7 Å². The van der Waals surface area contributed by atoms with Crippen LogP contribution in [0.5, 0.6) is 5.75 Å². The molecule has 0 aliphatic heterocycles. The maximum Gasteiger partial charge on any atom is 0.341 e. The van der Waals surface area contributed by atoms with E-state index in [-0.39, 0.29) is 11.3 Å². The number of hydrogen-bond acceptors (Lipinski definition) is 7. The predicted molar refractivity (Wildman–Crippen MR) is 108 cm³/mol. The number of nitrogens with zero attached hydrogens (tertiary/aromatic N) is 4. The fraction of sp³-hybridized carbons (Fsp3) is 0.111. The van der Waals surface area contributed by atoms with E-state index in [0.29, 0.717) is 21.2 Å². The third kappa shape index (κ3) is 4.29. The Morgan fingerprint density at radius 3 is 2.86 bits per heavy atom. The van der Waals surface area contributed by atoms with Gasteiger partial charge in [0.25, 0.3) is 5.56 Å². The van der Waals surface area contributed by atoms with Gasteiger partial charge in [0.1, 0.15) is 5.82 Å². The van der Waals surface area contributed by atoms with Crippen LogP contribution < -0.4 is 10.3 Å². The van der Waals surface area contributed by atoms with Gasteiger partial charge in [-0.15, -0.1) is 0 Å². The van der Waals surface area contributed by atoms with E-state index in [9.17, 15) is 19.7 Å². The number of carboxylic acid groups (broad SMARTS) is 1. The van der Waals surface area contributed by atoms with Crippen molar-refractivity contribution in [3.63, 3.8) is 0 Å². The maximum atomic E-state index is 12.8. The van der Waals surface area contributed by atoms with Gasteiger partial charge < -0.3 is 9.84 Å². The minimum atomic E-state index is -1.29. The van der Waals surface area contributed by atoms with Crippen molar-refractivity contribution in [3.8, 4) is 5.75 Å². The van der Waals surface area contributed by atoms with Crippen LogP contribution in [-0.2, 0) is 4.79 Å². The van der Waals surface area contributed by atoms with Gasteiger partial charge in [0.05, 0.1) is 22.0 Å². The average molecular weight is 461 g/mol. The van der Waals surface area contributed by atoms with Gasteiger partial charge in [0.2, 0.25) is 5.75 Å². The fourth-order valence-electron chi connectivity index (χ4n) is 2.59. The lowest BCUT2D eigenvalue weighted by Crippen LogP contribution is -2.20. The molecular formula is C18H13BrN4O6. The van der Waals surface area contributed by atoms with Crippen LogP contribution >= 0.6 is 15.9 Å². The molecule has 1 N–H and O–H groups in total. The van der Waals surface area contributed by atoms with E-state index < -0.39 is 28.7 Å². The standard InChI is InChI=1S/C18H13BrN4O6/c1-10-21-14-6-5-12(19)7-13(14)18(26)22(10)20-8-11-3-2-4-15(23(27)28)17(11)29-9-16(24)25/h2-8H,9H2,1H3,(H,24,25). The van der Waals surface area contributed by atoms with Gasteiger partial charge in [-0.3, -0.25) is 14.9 Å². The number of halogens is 1. The number of nitro groups is 1. The summed E-state index contributed by atoms with van der Waals surface area (Å²) in [6.07, 6.45) is 1.18. The first kappa shape index (κ1) is 20.1. The smallest absolute Gasteiger partial charge is 0.341 e. The van der Waals surface area contributed by atoms with Gasteiger partial charge in [-0.25, -0.2) is 9.78 Å². The number of aliphatic carboxylic acids is 1. The van der Waals surface area contributed by atoms with E-state index in [1.807, 2.05) is 0 Å². The molecule has 0 saturated heterocycles. The second-order valence-electron chi connectivity index (χ2n) is 5.82. The molecule has 2 aromatic carbocycles. The molecule has 0 aliphatic rings. The van der Waals surface area contributed by atoms with E-state index in [1.165, 1.54) is 24.4 Å². The van der Waals surface area contributed by atoms with Crippen LogP contribution in [0.2, 0.25) is 0 Å². The predicted octanol–water partition coefficient (Wildman–Crippen LogP) is 2.72. The third-order valence-corrected chi connectivity index (χ3v) is 4.34. The summed E-state index contributed by atoms with van der Waals surface area (Å²) < 4.78 is 6.83. The number of hydrogen-bond donors (Lipinski definition) is 1. The summed E-state index contributed by atoms with van der Waals surface area (Å²) in [7, 11) is 0. The molecule has 1 aromatic heterocycles. The summed E-state index contributed by atoms with van der Waals surface area (Å²) in [5.41, 5.74) is -0.201. The molecule has 0 fully saturated rings. The molecule has 0 radical (unpaired) electrons. The van der Waals surface area contributed by atoms with E-state index in [0.717, 1.165) is 4.68 Å². The molecule has 3 rings (SSSR count). The molecule has 0 atom stereocenters. The minimum Gasteiger partial charge on any atom is -0.479 e. The largest absolute Gasteiger partial charge is 0.479 e. The minimum absolute atomic E-state index is 0.140.